The number of alkyl halides is 2. The number of halogens is 3. The Bertz CT molecular complexity index is 996. The van der Waals surface area contributed by atoms with E-state index in [1.54, 1.807) is 18.2 Å². The molecule has 0 radical (unpaired) electrons. The molecule has 4 rings (SSSR count). The first-order valence-electron chi connectivity index (χ1n) is 8.48. The molecule has 1 aromatic heterocycles. The molecule has 0 aliphatic heterocycles. The van der Waals surface area contributed by atoms with Gasteiger partial charge in [-0.15, -0.1) is 0 Å². The first-order valence-corrected chi connectivity index (χ1v) is 9.73. The van der Waals surface area contributed by atoms with E-state index in [2.05, 4.69) is 16.5 Å². The maximum atomic E-state index is 11.7. The number of nitrogens with zero attached hydrogens (tertiary/aromatic N) is 1. The molecule has 1 saturated carbocycles. The molecule has 1 N–H and O–H groups in total. The van der Waals surface area contributed by atoms with Gasteiger partial charge in [-0.1, -0.05) is 64.2 Å². The molecule has 0 unspecified atom stereocenters. The van der Waals surface area contributed by atoms with Gasteiger partial charge in [0.05, 0.1) is 5.02 Å². The van der Waals surface area contributed by atoms with Crippen molar-refractivity contribution in [2.24, 2.45) is 0 Å². The zero-order valence-electron chi connectivity index (χ0n) is 14.1. The summed E-state index contributed by atoms with van der Waals surface area (Å²) in [5, 5.41) is 7.53. The van der Waals surface area contributed by atoms with E-state index in [1.807, 2.05) is 24.3 Å². The third kappa shape index (κ3) is 3.98. The molecule has 1 fully saturated rings. The lowest BCUT2D eigenvalue weighted by Crippen LogP contribution is -2.18. The molecule has 2 aromatic carbocycles. The van der Waals surface area contributed by atoms with Crippen LogP contribution in [-0.4, -0.2) is 15.9 Å². The lowest BCUT2D eigenvalue weighted by Gasteiger charge is -2.07. The fourth-order valence-electron chi connectivity index (χ4n) is 3.02. The lowest BCUT2D eigenvalue weighted by atomic mass is 10.00. The third-order valence-electron chi connectivity index (χ3n) is 4.44. The van der Waals surface area contributed by atoms with Crippen LogP contribution in [0.15, 0.2) is 53.1 Å². The van der Waals surface area contributed by atoms with Crippen LogP contribution in [0.5, 0.6) is 0 Å². The molecule has 7 heteroatoms. The summed E-state index contributed by atoms with van der Waals surface area (Å²) in [6.07, 6.45) is 2.34. The van der Waals surface area contributed by atoms with Gasteiger partial charge in [0.2, 0.25) is 0 Å². The molecule has 0 spiro atoms. The number of nitrogens with one attached hydrogen (secondary N) is 1. The molecular formula is C20H15Cl3N2O2. The Labute approximate surface area is 171 Å². The lowest BCUT2D eigenvalue weighted by molar-refractivity contribution is -0.114. The van der Waals surface area contributed by atoms with E-state index >= 15 is 0 Å². The van der Waals surface area contributed by atoms with Crippen LogP contribution in [-0.2, 0) is 4.79 Å². The van der Waals surface area contributed by atoms with Crippen molar-refractivity contribution in [3.8, 4) is 22.6 Å². The number of aromatic nitrogens is 1. The van der Waals surface area contributed by atoms with E-state index in [0.717, 1.165) is 11.1 Å². The van der Waals surface area contributed by atoms with Gasteiger partial charge in [-0.2, -0.15) is 0 Å². The van der Waals surface area contributed by atoms with Gasteiger partial charge in [0.25, 0.3) is 5.91 Å². The first kappa shape index (κ1) is 18.4. The zero-order valence-corrected chi connectivity index (χ0v) is 16.4. The van der Waals surface area contributed by atoms with Crippen LogP contribution in [0.2, 0.25) is 5.02 Å². The quantitative estimate of drug-likeness (QED) is 0.493. The fraction of sp³-hybridized carbons (Fsp3) is 0.200. The SMILES string of the molecule is O=C(Nc1cccc(-c2cc(-c3c(Cl)cccc3C3CC3)no2)c1)C(Cl)Cl. The van der Waals surface area contributed by atoms with Crippen molar-refractivity contribution in [2.45, 2.75) is 23.6 Å². The molecule has 3 aromatic rings. The molecule has 0 atom stereocenters. The van der Waals surface area contributed by atoms with Gasteiger partial charge in [0.1, 0.15) is 5.69 Å². The minimum atomic E-state index is -1.13. The first-order chi connectivity index (χ1) is 13.0. The van der Waals surface area contributed by atoms with E-state index in [0.29, 0.717) is 28.1 Å². The molecular weight excluding hydrogens is 407 g/mol. The monoisotopic (exact) mass is 420 g/mol. The predicted octanol–water partition coefficient (Wildman–Crippen LogP) is 6.28. The van der Waals surface area contributed by atoms with Gasteiger partial charge >= 0.3 is 0 Å². The van der Waals surface area contributed by atoms with Crippen molar-refractivity contribution in [1.82, 2.24) is 5.16 Å². The van der Waals surface area contributed by atoms with Crippen LogP contribution in [0.3, 0.4) is 0 Å². The minimum Gasteiger partial charge on any atom is -0.356 e. The molecule has 138 valence electrons. The summed E-state index contributed by atoms with van der Waals surface area (Å²) in [6.45, 7) is 0. The Hall–Kier alpha value is -2.01. The summed E-state index contributed by atoms with van der Waals surface area (Å²) < 4.78 is 5.55. The fourth-order valence-corrected chi connectivity index (χ4v) is 3.41. The smallest absolute Gasteiger partial charge is 0.257 e. The molecule has 0 bridgehead atoms. The zero-order chi connectivity index (χ0) is 19.0. The highest BCUT2D eigenvalue weighted by Gasteiger charge is 2.28. The van der Waals surface area contributed by atoms with Crippen molar-refractivity contribution in [3.63, 3.8) is 0 Å². The van der Waals surface area contributed by atoms with E-state index in [4.69, 9.17) is 39.3 Å². The van der Waals surface area contributed by atoms with Crippen molar-refractivity contribution in [2.75, 3.05) is 5.32 Å². The average Bonchev–Trinajstić information content (AvgIpc) is 3.39. The van der Waals surface area contributed by atoms with E-state index < -0.39 is 10.7 Å². The van der Waals surface area contributed by atoms with Gasteiger partial charge in [-0.05, 0) is 42.5 Å². The van der Waals surface area contributed by atoms with Crippen molar-refractivity contribution < 1.29 is 9.32 Å². The molecule has 4 nitrogen and oxygen atoms in total. The Balaban J connectivity index is 1.65. The summed E-state index contributed by atoms with van der Waals surface area (Å²) in [6, 6.07) is 15.0. The minimum absolute atomic E-state index is 0.487. The molecule has 1 amide bonds. The van der Waals surface area contributed by atoms with Crippen molar-refractivity contribution in [1.29, 1.82) is 0 Å². The molecule has 1 aliphatic rings. The van der Waals surface area contributed by atoms with Gasteiger partial charge in [-0.25, -0.2) is 0 Å². The average molecular weight is 422 g/mol. The Morgan fingerprint density at radius 1 is 1.15 bits per heavy atom. The van der Waals surface area contributed by atoms with Crippen LogP contribution in [0.25, 0.3) is 22.6 Å². The van der Waals surface area contributed by atoms with Crippen LogP contribution in [0.4, 0.5) is 5.69 Å². The number of hydrogen-bond acceptors (Lipinski definition) is 3. The summed E-state index contributed by atoms with van der Waals surface area (Å²) in [5.74, 6) is 0.631. The number of carbonyl (C=O) groups is 1. The number of amides is 1. The van der Waals surface area contributed by atoms with E-state index in [9.17, 15) is 4.79 Å². The van der Waals surface area contributed by atoms with Crippen LogP contribution in [0, 0.1) is 0 Å². The normalized spacial score (nSPS) is 13.8. The highest BCUT2D eigenvalue weighted by atomic mass is 35.5. The van der Waals surface area contributed by atoms with Crippen LogP contribution < -0.4 is 5.32 Å². The summed E-state index contributed by atoms with van der Waals surface area (Å²) >= 11 is 17.6. The molecule has 0 saturated heterocycles. The molecule has 1 heterocycles. The number of hydrogen-bond donors (Lipinski definition) is 1. The highest BCUT2D eigenvalue weighted by Crippen LogP contribution is 2.46. The predicted molar refractivity (Wildman–Crippen MR) is 108 cm³/mol. The van der Waals surface area contributed by atoms with Gasteiger partial charge in [-0.3, -0.25) is 4.79 Å². The Kier molecular flexibility index (Phi) is 5.13. The van der Waals surface area contributed by atoms with Gasteiger partial charge < -0.3 is 9.84 Å². The third-order valence-corrected chi connectivity index (χ3v) is 5.15. The second kappa shape index (κ2) is 7.55. The maximum absolute atomic E-state index is 11.7. The molecule has 1 aliphatic carbocycles. The Morgan fingerprint density at radius 3 is 2.67 bits per heavy atom. The highest BCUT2D eigenvalue weighted by molar-refractivity contribution is 6.54. The van der Waals surface area contributed by atoms with Crippen LogP contribution in [0.1, 0.15) is 24.3 Å². The second-order valence-electron chi connectivity index (χ2n) is 6.43. The number of benzene rings is 2. The van der Waals surface area contributed by atoms with Gasteiger partial charge in [0.15, 0.2) is 10.6 Å². The van der Waals surface area contributed by atoms with Gasteiger partial charge in [0, 0.05) is 22.9 Å². The number of rotatable bonds is 5. The largest absolute Gasteiger partial charge is 0.356 e. The molecule has 27 heavy (non-hydrogen) atoms. The topological polar surface area (TPSA) is 55.1 Å². The number of anilines is 1. The summed E-state index contributed by atoms with van der Waals surface area (Å²) in [5.41, 5.74) is 4.17. The van der Waals surface area contributed by atoms with Crippen LogP contribution >= 0.6 is 34.8 Å². The Morgan fingerprint density at radius 2 is 1.93 bits per heavy atom. The summed E-state index contributed by atoms with van der Waals surface area (Å²) in [7, 11) is 0. The van der Waals surface area contributed by atoms with E-state index in [1.165, 1.54) is 18.4 Å². The standard InChI is InChI=1S/C20H15Cl3N2O2/c21-15-6-2-5-14(11-7-8-11)18(15)16-10-17(27-25-16)12-3-1-4-13(9-12)24-20(26)19(22)23/h1-6,9-11,19H,7-8H2,(H,24,26). The van der Waals surface area contributed by atoms with E-state index in [-0.39, 0.29) is 0 Å². The maximum Gasteiger partial charge on any atom is 0.257 e. The number of carbonyl (C=O) groups excluding carboxylic acids is 1. The van der Waals surface area contributed by atoms with Crippen molar-refractivity contribution in [3.05, 3.63) is 59.1 Å². The van der Waals surface area contributed by atoms with Crippen molar-refractivity contribution >= 4 is 46.4 Å². The summed E-state index contributed by atoms with van der Waals surface area (Å²) in [4.78, 5) is 10.5. The second-order valence-corrected chi connectivity index (χ2v) is 7.93.